The van der Waals surface area contributed by atoms with Gasteiger partial charge in [0, 0.05) is 33.5 Å². The van der Waals surface area contributed by atoms with Crippen molar-refractivity contribution in [3.8, 4) is 22.9 Å². The van der Waals surface area contributed by atoms with E-state index in [9.17, 15) is 24.3 Å². The number of nitrogens with zero attached hydrogens (tertiary/aromatic N) is 2. The van der Waals surface area contributed by atoms with E-state index in [1.54, 1.807) is 24.5 Å². The van der Waals surface area contributed by atoms with Gasteiger partial charge in [-0.15, -0.1) is 0 Å². The van der Waals surface area contributed by atoms with Crippen LogP contribution in [0.3, 0.4) is 0 Å². The minimum Gasteiger partial charge on any atom is -0.458 e. The van der Waals surface area contributed by atoms with Crippen molar-refractivity contribution in [3.63, 3.8) is 0 Å². The zero-order chi connectivity index (χ0) is 33.2. The lowest BCUT2D eigenvalue weighted by Crippen LogP contribution is -2.77. The number of nitrogens with one attached hydrogen (secondary N) is 2. The number of nitrogens with two attached hydrogens (primary N) is 1. The first-order chi connectivity index (χ1) is 22.3. The van der Waals surface area contributed by atoms with Crippen LogP contribution < -0.4 is 31.4 Å². The molecule has 47 heavy (non-hydrogen) atoms. The van der Waals surface area contributed by atoms with Crippen LogP contribution >= 0.6 is 0 Å². The van der Waals surface area contributed by atoms with Crippen LogP contribution in [-0.4, -0.2) is 56.9 Å². The molecule has 3 atom stereocenters. The number of hydrogen-bond donors (Lipinski definition) is 4. The van der Waals surface area contributed by atoms with Crippen molar-refractivity contribution in [2.75, 3.05) is 6.79 Å². The van der Waals surface area contributed by atoms with Crippen molar-refractivity contribution in [2.45, 2.75) is 95.2 Å². The van der Waals surface area contributed by atoms with Crippen LogP contribution in [0.5, 0.6) is 11.5 Å². The molecule has 2 unspecified atom stereocenters. The van der Waals surface area contributed by atoms with Crippen LogP contribution in [0.15, 0.2) is 23.0 Å². The fourth-order valence-corrected chi connectivity index (χ4v) is 8.31. The van der Waals surface area contributed by atoms with Crippen molar-refractivity contribution >= 4 is 28.7 Å². The molecule has 3 aliphatic carbocycles. The number of benzene rings is 1. The van der Waals surface area contributed by atoms with Crippen LogP contribution in [-0.2, 0) is 43.3 Å². The maximum Gasteiger partial charge on any atom is 0.343 e. The molecule has 9 rings (SSSR count). The number of aliphatic hydroxyl groups is 1. The van der Waals surface area contributed by atoms with Gasteiger partial charge in [0.05, 0.1) is 35.1 Å². The molecule has 0 spiro atoms. The third-order valence-corrected chi connectivity index (χ3v) is 10.9. The van der Waals surface area contributed by atoms with E-state index in [1.807, 2.05) is 26.0 Å². The lowest BCUT2D eigenvalue weighted by molar-refractivity contribution is -0.172. The van der Waals surface area contributed by atoms with E-state index in [0.717, 1.165) is 16.5 Å². The van der Waals surface area contributed by atoms with Crippen molar-refractivity contribution < 1.29 is 33.7 Å². The van der Waals surface area contributed by atoms with Gasteiger partial charge in [-0.05, 0) is 56.2 Å². The SMILES string of the molecule is CC[C@@]1(O)C(=O)OCc2c1cc1n(c2=O)Cc2c-1nc1cc3c(cc1c2C12CC(NC(=O)C(C)NC(=O)C(N)C(C)C)(C1)C2)OCO3. The number of amides is 2. The summed E-state index contributed by atoms with van der Waals surface area (Å²) in [4.78, 5) is 57.3. The first kappa shape index (κ1) is 29.9. The number of esters is 1. The number of cyclic esters (lactones) is 1. The van der Waals surface area contributed by atoms with Crippen LogP contribution in [0.1, 0.15) is 75.6 Å². The second-order valence-corrected chi connectivity index (χ2v) is 14.2. The van der Waals surface area contributed by atoms with Crippen molar-refractivity contribution in [1.29, 1.82) is 0 Å². The molecule has 1 aromatic carbocycles. The Morgan fingerprint density at radius 2 is 1.74 bits per heavy atom. The molecule has 0 saturated heterocycles. The van der Waals surface area contributed by atoms with E-state index < -0.39 is 29.2 Å². The molecule has 0 radical (unpaired) electrons. The molecule has 3 aromatic rings. The lowest BCUT2D eigenvalue weighted by atomic mass is 9.37. The van der Waals surface area contributed by atoms with Crippen molar-refractivity contribution in [3.05, 3.63) is 50.8 Å². The Balaban J connectivity index is 1.17. The molecular weight excluding hydrogens is 606 g/mol. The molecule has 5 heterocycles. The Kier molecular flexibility index (Phi) is 6.21. The standard InChI is InChI=1S/C34H37N5O8/c1-5-34(44)20-7-22-27-18(9-39(22)30(42)19(20)10-45-31(34)43)25(17-6-23-24(47-14-46-23)8-21(17)37-27)32-11-33(12-32,13-32)38-28(40)16(4)36-29(41)26(35)15(2)3/h6-8,15-16,26,44H,5,9-14,35H2,1-4H3,(H,36,41)(H,38,40)/t16?,26?,32?,33?,34-/m0/s1. The Hall–Kier alpha value is -4.49. The molecule has 5 N–H and O–H groups in total. The van der Waals surface area contributed by atoms with Crippen LogP contribution in [0, 0.1) is 5.92 Å². The van der Waals surface area contributed by atoms with Crippen LogP contribution in [0.25, 0.3) is 22.3 Å². The number of aromatic nitrogens is 2. The summed E-state index contributed by atoms with van der Waals surface area (Å²) in [5, 5.41) is 18.1. The van der Waals surface area contributed by atoms with E-state index in [-0.39, 0.29) is 66.2 Å². The fraction of sp³-hybridized carbons (Fsp3) is 0.500. The summed E-state index contributed by atoms with van der Waals surface area (Å²) in [6, 6.07) is 4.06. The number of hydrogen-bond acceptors (Lipinski definition) is 10. The normalized spacial score (nSPS) is 27.2. The summed E-state index contributed by atoms with van der Waals surface area (Å²) in [6.07, 6.45) is 2.09. The van der Waals surface area contributed by atoms with Gasteiger partial charge >= 0.3 is 5.97 Å². The molecule has 246 valence electrons. The second kappa shape index (κ2) is 9.77. The number of rotatable bonds is 7. The van der Waals surface area contributed by atoms with E-state index in [4.69, 9.17) is 24.9 Å². The highest BCUT2D eigenvalue weighted by Crippen LogP contribution is 2.70. The van der Waals surface area contributed by atoms with Crippen molar-refractivity contribution in [1.82, 2.24) is 20.2 Å². The average molecular weight is 644 g/mol. The predicted octanol–water partition coefficient (Wildman–Crippen LogP) is 1.59. The van der Waals surface area contributed by atoms with Crippen LogP contribution in [0.4, 0.5) is 0 Å². The molecule has 13 heteroatoms. The van der Waals surface area contributed by atoms with Gasteiger partial charge in [0.1, 0.15) is 12.6 Å². The summed E-state index contributed by atoms with van der Waals surface area (Å²) in [7, 11) is 0. The molecule has 3 saturated carbocycles. The van der Waals surface area contributed by atoms with Gasteiger partial charge < -0.3 is 40.3 Å². The Morgan fingerprint density at radius 1 is 1.04 bits per heavy atom. The first-order valence-corrected chi connectivity index (χ1v) is 16.1. The predicted molar refractivity (Wildman–Crippen MR) is 167 cm³/mol. The van der Waals surface area contributed by atoms with Gasteiger partial charge in [-0.25, -0.2) is 9.78 Å². The van der Waals surface area contributed by atoms with Gasteiger partial charge in [0.2, 0.25) is 18.6 Å². The highest BCUT2D eigenvalue weighted by atomic mass is 16.7. The molecule has 13 nitrogen and oxygen atoms in total. The summed E-state index contributed by atoms with van der Waals surface area (Å²) in [5.74, 6) is -0.258. The van der Waals surface area contributed by atoms with Gasteiger partial charge in [0.15, 0.2) is 17.1 Å². The quantitative estimate of drug-likeness (QED) is 0.216. The minimum absolute atomic E-state index is 0.0538. The maximum absolute atomic E-state index is 13.9. The summed E-state index contributed by atoms with van der Waals surface area (Å²) >= 11 is 0. The first-order valence-electron chi connectivity index (χ1n) is 16.1. The largest absolute Gasteiger partial charge is 0.458 e. The van der Waals surface area contributed by atoms with E-state index in [0.29, 0.717) is 47.7 Å². The third kappa shape index (κ3) is 4.05. The second-order valence-electron chi connectivity index (χ2n) is 14.2. The molecule has 6 aliphatic rings. The topological polar surface area (TPSA) is 184 Å². The highest BCUT2D eigenvalue weighted by molar-refractivity contribution is 5.94. The number of carbonyl (C=O) groups is 3. The summed E-state index contributed by atoms with van der Waals surface area (Å²) in [6.45, 7) is 7.20. The molecule has 2 aromatic heterocycles. The zero-order valence-corrected chi connectivity index (χ0v) is 26.7. The van der Waals surface area contributed by atoms with Crippen molar-refractivity contribution in [2.24, 2.45) is 11.7 Å². The number of pyridine rings is 2. The van der Waals surface area contributed by atoms with E-state index in [1.165, 1.54) is 0 Å². The third-order valence-electron chi connectivity index (χ3n) is 10.9. The Morgan fingerprint density at radius 3 is 2.43 bits per heavy atom. The van der Waals surface area contributed by atoms with E-state index >= 15 is 0 Å². The zero-order valence-electron chi connectivity index (χ0n) is 26.7. The monoisotopic (exact) mass is 643 g/mol. The summed E-state index contributed by atoms with van der Waals surface area (Å²) < 4.78 is 18.3. The molecule has 2 bridgehead atoms. The van der Waals surface area contributed by atoms with Gasteiger partial charge in [-0.1, -0.05) is 20.8 Å². The van der Waals surface area contributed by atoms with Gasteiger partial charge in [-0.3, -0.25) is 14.4 Å². The number of ether oxygens (including phenoxy) is 3. The summed E-state index contributed by atoms with van der Waals surface area (Å²) in [5.41, 5.74) is 7.32. The van der Waals surface area contributed by atoms with Crippen LogP contribution in [0.2, 0.25) is 0 Å². The lowest BCUT2D eigenvalue weighted by Gasteiger charge is -2.71. The maximum atomic E-state index is 13.9. The highest BCUT2D eigenvalue weighted by Gasteiger charge is 2.70. The van der Waals surface area contributed by atoms with Gasteiger partial charge in [-0.2, -0.15) is 0 Å². The average Bonchev–Trinajstić information content (AvgIpc) is 3.62. The molecule has 3 fully saturated rings. The van der Waals surface area contributed by atoms with E-state index in [2.05, 4.69) is 10.6 Å². The Labute approximate surface area is 269 Å². The minimum atomic E-state index is -1.92. The molecule has 2 amide bonds. The Bertz CT molecular complexity index is 1980. The molecular formula is C34H37N5O8. The molecule has 3 aliphatic heterocycles. The number of fused-ring (bicyclic) bond motifs is 6. The fourth-order valence-electron chi connectivity index (χ4n) is 8.31. The van der Waals surface area contributed by atoms with Gasteiger partial charge in [0.25, 0.3) is 5.56 Å². The smallest absolute Gasteiger partial charge is 0.343 e. The number of carbonyl (C=O) groups excluding carboxylic acids is 3.